The minimum absolute atomic E-state index is 0.00859. The summed E-state index contributed by atoms with van der Waals surface area (Å²) in [6.07, 6.45) is 11.4. The van der Waals surface area contributed by atoms with E-state index in [1.807, 2.05) is 0 Å². The van der Waals surface area contributed by atoms with Gasteiger partial charge >= 0.3 is 0 Å². The number of methoxy groups -OCH3 is 1. The van der Waals surface area contributed by atoms with E-state index in [0.717, 1.165) is 51.6 Å². The lowest BCUT2D eigenvalue weighted by Crippen LogP contribution is -2.45. The highest BCUT2D eigenvalue weighted by Crippen LogP contribution is 2.31. The molecule has 1 aliphatic carbocycles. The van der Waals surface area contributed by atoms with E-state index in [9.17, 15) is 9.59 Å². The van der Waals surface area contributed by atoms with Gasteiger partial charge in [-0.2, -0.15) is 0 Å². The summed E-state index contributed by atoms with van der Waals surface area (Å²) < 4.78 is 5.62. The number of hydrogen-bond donors (Lipinski definition) is 4. The number of carbonyl (C=O) groups excluding carboxylic acids is 2. The predicted molar refractivity (Wildman–Crippen MR) is 163 cm³/mol. The van der Waals surface area contributed by atoms with Gasteiger partial charge in [0.05, 0.1) is 18.7 Å². The fourth-order valence-corrected chi connectivity index (χ4v) is 5.98. The minimum Gasteiger partial charge on any atom is -0.495 e. The van der Waals surface area contributed by atoms with E-state index in [2.05, 4.69) is 34.0 Å². The van der Waals surface area contributed by atoms with Gasteiger partial charge in [0.1, 0.15) is 17.3 Å². The van der Waals surface area contributed by atoms with Crippen molar-refractivity contribution in [1.29, 1.82) is 0 Å². The van der Waals surface area contributed by atoms with Crippen molar-refractivity contribution in [2.75, 3.05) is 39.1 Å². The van der Waals surface area contributed by atoms with Crippen LogP contribution in [0.25, 0.3) is 0 Å². The van der Waals surface area contributed by atoms with Crippen LogP contribution < -0.4 is 26.4 Å². The summed E-state index contributed by atoms with van der Waals surface area (Å²) in [5, 5.41) is 9.65. The highest BCUT2D eigenvalue weighted by atomic mass is 16.5. The minimum atomic E-state index is -0.244. The van der Waals surface area contributed by atoms with Gasteiger partial charge in [-0.3, -0.25) is 9.59 Å². The quantitative estimate of drug-likeness (QED) is 0.339. The normalized spacial score (nSPS) is 24.2. The number of amidine groups is 1. The third kappa shape index (κ3) is 7.30. The molecular formula is C31H45N7O3. The van der Waals surface area contributed by atoms with Gasteiger partial charge in [-0.1, -0.05) is 31.9 Å². The first-order valence-corrected chi connectivity index (χ1v) is 14.7. The van der Waals surface area contributed by atoms with Gasteiger partial charge in [-0.05, 0) is 56.8 Å². The summed E-state index contributed by atoms with van der Waals surface area (Å²) in [6.45, 7) is 10.3. The van der Waals surface area contributed by atoms with Crippen molar-refractivity contribution >= 4 is 23.3 Å². The largest absolute Gasteiger partial charge is 0.495 e. The van der Waals surface area contributed by atoms with Crippen LogP contribution in [0.3, 0.4) is 0 Å². The fourth-order valence-electron chi connectivity index (χ4n) is 5.98. The molecule has 5 N–H and O–H groups in total. The first-order valence-electron chi connectivity index (χ1n) is 14.7. The molecule has 2 heterocycles. The Kier molecular flexibility index (Phi) is 10.5. The number of rotatable bonds is 9. The average Bonchev–Trinajstić information content (AvgIpc) is 3.08. The first kappa shape index (κ1) is 30.2. The number of nitrogens with one attached hydrogen (secondary N) is 3. The van der Waals surface area contributed by atoms with Crippen molar-refractivity contribution in [1.82, 2.24) is 20.4 Å². The number of ether oxygens (including phenoxy) is 1. The van der Waals surface area contributed by atoms with Gasteiger partial charge in [0.2, 0.25) is 5.91 Å². The van der Waals surface area contributed by atoms with Crippen LogP contribution >= 0.6 is 0 Å². The maximum absolute atomic E-state index is 13.4. The Morgan fingerprint density at radius 2 is 2.02 bits per heavy atom. The Bertz CT molecular complexity index is 1180. The van der Waals surface area contributed by atoms with Crippen LogP contribution in [-0.4, -0.2) is 73.3 Å². The van der Waals surface area contributed by atoms with Gasteiger partial charge in [0.15, 0.2) is 5.84 Å². The summed E-state index contributed by atoms with van der Waals surface area (Å²) in [6, 6.07) is 5.63. The first-order chi connectivity index (χ1) is 19.9. The number of carbonyl (C=O) groups is 2. The van der Waals surface area contributed by atoms with Crippen LogP contribution in [0.5, 0.6) is 5.75 Å². The van der Waals surface area contributed by atoms with E-state index in [4.69, 9.17) is 15.5 Å². The molecule has 2 saturated heterocycles. The summed E-state index contributed by atoms with van der Waals surface area (Å²) in [4.78, 5) is 35.0. The van der Waals surface area contributed by atoms with Gasteiger partial charge in [-0.15, -0.1) is 6.58 Å². The van der Waals surface area contributed by atoms with E-state index in [1.165, 1.54) is 12.6 Å². The lowest BCUT2D eigenvalue weighted by molar-refractivity contribution is -0.131. The number of benzene rings is 1. The fraction of sp³-hybridized carbons (Fsp3) is 0.516. The maximum Gasteiger partial charge on any atom is 0.251 e. The van der Waals surface area contributed by atoms with Gasteiger partial charge in [-0.25, -0.2) is 4.99 Å². The number of allylic oxidation sites excluding steroid dienone is 1. The van der Waals surface area contributed by atoms with Crippen molar-refractivity contribution in [2.45, 2.75) is 63.5 Å². The summed E-state index contributed by atoms with van der Waals surface area (Å²) in [5.74, 6) is 1.10. The van der Waals surface area contributed by atoms with Crippen LogP contribution in [0.2, 0.25) is 0 Å². The molecule has 0 aromatic heterocycles. The van der Waals surface area contributed by atoms with Gasteiger partial charge in [0, 0.05) is 44.0 Å². The molecule has 3 aliphatic rings. The molecule has 1 saturated carbocycles. The zero-order valence-corrected chi connectivity index (χ0v) is 24.5. The molecule has 4 rings (SSSR count). The molecule has 3 fully saturated rings. The van der Waals surface area contributed by atoms with Crippen LogP contribution in [0.1, 0.15) is 61.7 Å². The van der Waals surface area contributed by atoms with E-state index in [1.54, 1.807) is 43.3 Å². The lowest BCUT2D eigenvalue weighted by atomic mass is 9.93. The molecule has 0 spiro atoms. The second-order valence-electron chi connectivity index (χ2n) is 11.1. The number of nitrogens with two attached hydrogens (primary N) is 1. The average molecular weight is 564 g/mol. The molecular weight excluding hydrogens is 518 g/mol. The number of aliphatic imine (C=N–C) groups is 1. The number of amides is 2. The SMILES string of the molecule is C=CCC1CN(C2CCCCC2)C(=NC(=C)Nc2ccc(C(=O)N[C@H]3CCCNC3)cc2OC)/C(=C\N)N(C)C1=O. The van der Waals surface area contributed by atoms with Crippen molar-refractivity contribution in [3.8, 4) is 5.75 Å². The Hall–Kier alpha value is -3.79. The standard InChI is InChI=1S/C31H45N7O3/c1-5-10-23-20-38(25-12-7-6-8-13-25)29(27(18-32)37(3)31(23)40)35-21(2)34-26-15-14-22(17-28(26)41-4)30(39)36-24-11-9-16-33-19-24/h5,14-15,17-18,23-25,33-34H,1-2,6-13,16,19-20,32H2,3-4H3,(H,36,39)/b27-18+,35-29?/t23?,24-/m0/s1. The summed E-state index contributed by atoms with van der Waals surface area (Å²) in [5.41, 5.74) is 7.81. The highest BCUT2D eigenvalue weighted by Gasteiger charge is 2.37. The molecule has 1 unspecified atom stereocenters. The number of hydrogen-bond acceptors (Lipinski definition) is 7. The number of piperidine rings is 1. The molecule has 1 aromatic carbocycles. The van der Waals surface area contributed by atoms with Crippen LogP contribution in [0, 0.1) is 5.92 Å². The van der Waals surface area contributed by atoms with Gasteiger partial charge in [0.25, 0.3) is 5.91 Å². The zero-order valence-electron chi connectivity index (χ0n) is 24.5. The predicted octanol–water partition coefficient (Wildman–Crippen LogP) is 3.56. The smallest absolute Gasteiger partial charge is 0.251 e. The number of nitrogens with zero attached hydrogens (tertiary/aromatic N) is 3. The Morgan fingerprint density at radius 1 is 1.24 bits per heavy atom. The molecule has 1 aromatic rings. The van der Waals surface area contributed by atoms with Crippen molar-refractivity contribution in [3.63, 3.8) is 0 Å². The van der Waals surface area contributed by atoms with Gasteiger partial charge < -0.3 is 36.2 Å². The molecule has 10 nitrogen and oxygen atoms in total. The Labute approximate surface area is 243 Å². The van der Waals surface area contributed by atoms with Crippen molar-refractivity contribution < 1.29 is 14.3 Å². The molecule has 10 heteroatoms. The maximum atomic E-state index is 13.4. The monoisotopic (exact) mass is 563 g/mol. The lowest BCUT2D eigenvalue weighted by Gasteiger charge is -2.37. The van der Waals surface area contributed by atoms with Crippen molar-refractivity contribution in [3.05, 3.63) is 60.7 Å². The van der Waals surface area contributed by atoms with E-state index in [-0.39, 0.29) is 29.8 Å². The van der Waals surface area contributed by atoms with Crippen LogP contribution in [0.15, 0.2) is 60.1 Å². The number of anilines is 1. The molecule has 222 valence electrons. The van der Waals surface area contributed by atoms with Crippen molar-refractivity contribution in [2.24, 2.45) is 16.6 Å². The molecule has 2 amide bonds. The Balaban J connectivity index is 1.59. The third-order valence-electron chi connectivity index (χ3n) is 8.20. The molecule has 2 atom stereocenters. The second-order valence-corrected chi connectivity index (χ2v) is 11.1. The summed E-state index contributed by atoms with van der Waals surface area (Å²) >= 11 is 0. The van der Waals surface area contributed by atoms with Crippen LogP contribution in [-0.2, 0) is 4.79 Å². The number of likely N-dealkylation sites (N-methyl/N-ethyl adjacent to an activating group) is 1. The molecule has 0 bridgehead atoms. The van der Waals surface area contributed by atoms with Crippen LogP contribution in [0.4, 0.5) is 5.69 Å². The van der Waals surface area contributed by atoms with E-state index in [0.29, 0.717) is 47.3 Å². The molecule has 2 aliphatic heterocycles. The second kappa shape index (κ2) is 14.2. The van der Waals surface area contributed by atoms with E-state index < -0.39 is 0 Å². The zero-order chi connectivity index (χ0) is 29.4. The highest BCUT2D eigenvalue weighted by molar-refractivity contribution is 6.04. The van der Waals surface area contributed by atoms with E-state index >= 15 is 0 Å². The molecule has 41 heavy (non-hydrogen) atoms. The Morgan fingerprint density at radius 3 is 2.68 bits per heavy atom. The molecule has 0 radical (unpaired) electrons. The third-order valence-corrected chi connectivity index (χ3v) is 8.20. The topological polar surface area (TPSA) is 124 Å². The summed E-state index contributed by atoms with van der Waals surface area (Å²) in [7, 11) is 3.30.